The molecule has 0 aliphatic rings. The van der Waals surface area contributed by atoms with E-state index < -0.39 is 11.7 Å². The van der Waals surface area contributed by atoms with Crippen molar-refractivity contribution in [1.82, 2.24) is 29.8 Å². The van der Waals surface area contributed by atoms with E-state index >= 15 is 0 Å². The molecule has 0 aliphatic carbocycles. The molecule has 3 aromatic heterocycles. The fraction of sp³-hybridized carbons (Fsp3) is 0.312. The van der Waals surface area contributed by atoms with Gasteiger partial charge in [0.1, 0.15) is 0 Å². The number of pyridine rings is 1. The standard InChI is InChI=1S/C16H17ClF3N7/c1-21-15(22-6-10-3-4-26(2)8-10)23-7-13-24-25-14-12(17)5-11(9-27(13)14)16(18,19)20/h3-5,8-9H,6-7H2,1-2H3,(H2,21,22,23). The smallest absolute Gasteiger partial charge is 0.357 e. The van der Waals surface area contributed by atoms with E-state index in [1.807, 2.05) is 30.1 Å². The van der Waals surface area contributed by atoms with Gasteiger partial charge in [0.25, 0.3) is 0 Å². The van der Waals surface area contributed by atoms with Crippen molar-refractivity contribution in [3.05, 3.63) is 52.7 Å². The van der Waals surface area contributed by atoms with Gasteiger partial charge in [-0.25, -0.2) is 0 Å². The molecule has 144 valence electrons. The summed E-state index contributed by atoms with van der Waals surface area (Å²) in [4.78, 5) is 4.09. The van der Waals surface area contributed by atoms with Crippen LogP contribution in [-0.4, -0.2) is 32.2 Å². The van der Waals surface area contributed by atoms with E-state index in [0.29, 0.717) is 12.5 Å². The Bertz CT molecular complexity index is 974. The van der Waals surface area contributed by atoms with Gasteiger partial charge in [0.15, 0.2) is 17.4 Å². The number of aryl methyl sites for hydroxylation is 1. The number of nitrogens with one attached hydrogen (secondary N) is 2. The zero-order valence-corrected chi connectivity index (χ0v) is 15.3. The summed E-state index contributed by atoms with van der Waals surface area (Å²) < 4.78 is 42.2. The molecule has 0 unspecified atom stereocenters. The highest BCUT2D eigenvalue weighted by Gasteiger charge is 2.32. The van der Waals surface area contributed by atoms with Gasteiger partial charge in [-0.3, -0.25) is 9.39 Å². The summed E-state index contributed by atoms with van der Waals surface area (Å²) in [5.41, 5.74) is 0.358. The van der Waals surface area contributed by atoms with Crippen LogP contribution in [0.3, 0.4) is 0 Å². The minimum absolute atomic E-state index is 0.116. The van der Waals surface area contributed by atoms with E-state index in [1.54, 1.807) is 7.05 Å². The normalized spacial score (nSPS) is 12.6. The number of hydrogen-bond donors (Lipinski definition) is 2. The first kappa shape index (κ1) is 19.0. The van der Waals surface area contributed by atoms with Crippen molar-refractivity contribution in [1.29, 1.82) is 0 Å². The highest BCUT2D eigenvalue weighted by Crippen LogP contribution is 2.32. The largest absolute Gasteiger partial charge is 0.417 e. The average molecular weight is 400 g/mol. The molecule has 3 aromatic rings. The van der Waals surface area contributed by atoms with E-state index in [9.17, 15) is 13.2 Å². The molecule has 0 bridgehead atoms. The van der Waals surface area contributed by atoms with E-state index in [4.69, 9.17) is 11.6 Å². The van der Waals surface area contributed by atoms with E-state index in [1.165, 1.54) is 4.40 Å². The number of rotatable bonds is 4. The maximum Gasteiger partial charge on any atom is 0.417 e. The Morgan fingerprint density at radius 3 is 2.59 bits per heavy atom. The van der Waals surface area contributed by atoms with Crippen LogP contribution in [0.2, 0.25) is 5.02 Å². The van der Waals surface area contributed by atoms with Gasteiger partial charge in [-0.05, 0) is 17.7 Å². The topological polar surface area (TPSA) is 71.5 Å². The van der Waals surface area contributed by atoms with Crippen LogP contribution in [0.15, 0.2) is 35.7 Å². The highest BCUT2D eigenvalue weighted by molar-refractivity contribution is 6.33. The SMILES string of the molecule is CN=C(NCc1ccn(C)c1)NCc1nnc2c(Cl)cc(C(F)(F)F)cn12. The van der Waals surface area contributed by atoms with Crippen LogP contribution in [0.1, 0.15) is 17.0 Å². The van der Waals surface area contributed by atoms with Crippen molar-refractivity contribution in [2.45, 2.75) is 19.3 Å². The van der Waals surface area contributed by atoms with Gasteiger partial charge >= 0.3 is 6.18 Å². The minimum atomic E-state index is -4.51. The first-order valence-electron chi connectivity index (χ1n) is 7.93. The number of hydrogen-bond acceptors (Lipinski definition) is 3. The number of fused-ring (bicyclic) bond motifs is 1. The van der Waals surface area contributed by atoms with Gasteiger partial charge in [-0.15, -0.1) is 10.2 Å². The van der Waals surface area contributed by atoms with Crippen LogP contribution in [0.25, 0.3) is 5.65 Å². The molecule has 27 heavy (non-hydrogen) atoms. The van der Waals surface area contributed by atoms with Crippen molar-refractivity contribution < 1.29 is 13.2 Å². The summed E-state index contributed by atoms with van der Waals surface area (Å²) in [5, 5.41) is 13.8. The number of alkyl halides is 3. The zero-order valence-electron chi connectivity index (χ0n) is 14.5. The Balaban J connectivity index is 1.73. The summed E-state index contributed by atoms with van der Waals surface area (Å²) in [5.74, 6) is 0.759. The Kier molecular flexibility index (Phi) is 5.26. The Labute approximate surface area is 157 Å². The third-order valence-corrected chi connectivity index (χ3v) is 4.13. The molecule has 0 amide bonds. The van der Waals surface area contributed by atoms with E-state index in [0.717, 1.165) is 17.8 Å². The van der Waals surface area contributed by atoms with Crippen molar-refractivity contribution in [2.24, 2.45) is 12.0 Å². The van der Waals surface area contributed by atoms with Gasteiger partial charge in [0.2, 0.25) is 0 Å². The summed E-state index contributed by atoms with van der Waals surface area (Å²) >= 11 is 5.91. The molecule has 3 rings (SSSR count). The highest BCUT2D eigenvalue weighted by atomic mass is 35.5. The lowest BCUT2D eigenvalue weighted by atomic mass is 10.3. The molecule has 0 aromatic carbocycles. The molecule has 11 heteroatoms. The summed E-state index contributed by atoms with van der Waals surface area (Å²) in [7, 11) is 3.52. The van der Waals surface area contributed by atoms with E-state index in [2.05, 4.69) is 25.8 Å². The number of nitrogens with zero attached hydrogens (tertiary/aromatic N) is 5. The first-order chi connectivity index (χ1) is 12.8. The van der Waals surface area contributed by atoms with Crippen LogP contribution in [-0.2, 0) is 26.3 Å². The molecule has 0 aliphatic heterocycles. The van der Waals surface area contributed by atoms with Crippen LogP contribution in [0.5, 0.6) is 0 Å². The van der Waals surface area contributed by atoms with Crippen molar-refractivity contribution in [2.75, 3.05) is 7.05 Å². The van der Waals surface area contributed by atoms with Gasteiger partial charge in [-0.2, -0.15) is 13.2 Å². The van der Waals surface area contributed by atoms with Gasteiger partial charge in [-0.1, -0.05) is 11.6 Å². The second kappa shape index (κ2) is 7.47. The molecule has 0 fully saturated rings. The van der Waals surface area contributed by atoms with Gasteiger partial charge < -0.3 is 15.2 Å². The molecule has 7 nitrogen and oxygen atoms in total. The van der Waals surface area contributed by atoms with Gasteiger partial charge in [0, 0.05) is 39.2 Å². The minimum Gasteiger partial charge on any atom is -0.357 e. The molecule has 0 radical (unpaired) electrons. The lowest BCUT2D eigenvalue weighted by Gasteiger charge is -2.11. The predicted octanol–water partition coefficient (Wildman–Crippen LogP) is 2.61. The molecule has 3 heterocycles. The Morgan fingerprint density at radius 1 is 1.22 bits per heavy atom. The Hall–Kier alpha value is -2.75. The third-order valence-electron chi connectivity index (χ3n) is 3.85. The van der Waals surface area contributed by atoms with Crippen LogP contribution in [0.4, 0.5) is 13.2 Å². The second-order valence-electron chi connectivity index (χ2n) is 5.85. The molecule has 0 spiro atoms. The lowest BCUT2D eigenvalue weighted by molar-refractivity contribution is -0.137. The number of guanidine groups is 1. The quantitative estimate of drug-likeness (QED) is 0.522. The predicted molar refractivity (Wildman–Crippen MR) is 95.5 cm³/mol. The third kappa shape index (κ3) is 4.33. The van der Waals surface area contributed by atoms with Crippen LogP contribution in [0, 0.1) is 0 Å². The molecule has 2 N–H and O–H groups in total. The fourth-order valence-corrected chi connectivity index (χ4v) is 2.76. The maximum atomic E-state index is 13.0. The maximum absolute atomic E-state index is 13.0. The summed E-state index contributed by atoms with van der Waals surface area (Å²) in [6.07, 6.45) is 0.308. The van der Waals surface area contributed by atoms with Crippen LogP contribution < -0.4 is 10.6 Å². The number of halogens is 4. The molecule has 0 saturated carbocycles. The molecule has 0 atom stereocenters. The van der Waals surface area contributed by atoms with Crippen LogP contribution >= 0.6 is 11.6 Å². The average Bonchev–Trinajstić information content (AvgIpc) is 3.21. The van der Waals surface area contributed by atoms with E-state index in [-0.39, 0.29) is 23.0 Å². The molecular formula is C16H17ClF3N7. The second-order valence-corrected chi connectivity index (χ2v) is 6.26. The van der Waals surface area contributed by atoms with Crippen molar-refractivity contribution >= 4 is 23.2 Å². The molecular weight excluding hydrogens is 383 g/mol. The molecule has 0 saturated heterocycles. The van der Waals surface area contributed by atoms with Gasteiger partial charge in [0.05, 0.1) is 17.1 Å². The number of aromatic nitrogens is 4. The fourth-order valence-electron chi connectivity index (χ4n) is 2.51. The monoisotopic (exact) mass is 399 g/mol. The van der Waals surface area contributed by atoms with Crippen molar-refractivity contribution in [3.8, 4) is 0 Å². The summed E-state index contributed by atoms with van der Waals surface area (Å²) in [6, 6.07) is 2.80. The first-order valence-corrected chi connectivity index (χ1v) is 8.31. The number of aliphatic imine (C=N–C) groups is 1. The lowest BCUT2D eigenvalue weighted by Crippen LogP contribution is -2.36. The zero-order chi connectivity index (χ0) is 19.6. The Morgan fingerprint density at radius 2 is 1.96 bits per heavy atom. The summed E-state index contributed by atoms with van der Waals surface area (Å²) in [6.45, 7) is 0.665. The van der Waals surface area contributed by atoms with Crippen molar-refractivity contribution in [3.63, 3.8) is 0 Å².